The van der Waals surface area contributed by atoms with Crippen LogP contribution in [0.25, 0.3) is 11.3 Å². The van der Waals surface area contributed by atoms with Crippen LogP contribution in [0.4, 0.5) is 0 Å². The van der Waals surface area contributed by atoms with Gasteiger partial charge in [-0.25, -0.2) is 0 Å². The van der Waals surface area contributed by atoms with Gasteiger partial charge in [-0.3, -0.25) is 9.59 Å². The lowest BCUT2D eigenvalue weighted by Crippen LogP contribution is -2.35. The number of carboxylic acid groups (broad SMARTS) is 1. The third kappa shape index (κ3) is 3.11. The lowest BCUT2D eigenvalue weighted by Gasteiger charge is -2.19. The first-order valence-electron chi connectivity index (χ1n) is 7.50. The maximum Gasteiger partial charge on any atom is 0.311 e. The van der Waals surface area contributed by atoms with Crippen LogP contribution in [0.2, 0.25) is 0 Å². The van der Waals surface area contributed by atoms with Crippen LogP contribution in [0.15, 0.2) is 40.9 Å². The van der Waals surface area contributed by atoms with Gasteiger partial charge in [-0.15, -0.1) is 0 Å². The van der Waals surface area contributed by atoms with Gasteiger partial charge in [0.05, 0.1) is 17.5 Å². The number of hydrogen-bond donors (Lipinski definition) is 1. The first-order chi connectivity index (χ1) is 11.0. The Morgan fingerprint density at radius 1 is 1.35 bits per heavy atom. The van der Waals surface area contributed by atoms with Crippen molar-refractivity contribution in [3.8, 4) is 11.3 Å². The molecule has 0 aliphatic carbocycles. The average Bonchev–Trinajstić information content (AvgIpc) is 3.16. The number of hydrogen-bond acceptors (Lipinski definition) is 4. The predicted molar refractivity (Wildman–Crippen MR) is 82.6 cm³/mol. The van der Waals surface area contributed by atoms with E-state index >= 15 is 0 Å². The van der Waals surface area contributed by atoms with Crippen LogP contribution in [-0.2, 0) is 16.0 Å². The van der Waals surface area contributed by atoms with Gasteiger partial charge in [0, 0.05) is 24.7 Å². The molecule has 1 atom stereocenters. The molecule has 1 saturated heterocycles. The zero-order chi connectivity index (χ0) is 16.4. The Morgan fingerprint density at radius 2 is 2.09 bits per heavy atom. The molecule has 0 unspecified atom stereocenters. The van der Waals surface area contributed by atoms with Gasteiger partial charge in [-0.1, -0.05) is 35.5 Å². The molecule has 1 aromatic heterocycles. The zero-order valence-electron chi connectivity index (χ0n) is 12.9. The molecule has 1 amide bonds. The maximum absolute atomic E-state index is 12.3. The summed E-state index contributed by atoms with van der Waals surface area (Å²) in [5.41, 5.74) is 0.602. The van der Waals surface area contributed by atoms with E-state index in [0.29, 0.717) is 24.4 Å². The molecule has 0 bridgehead atoms. The van der Waals surface area contributed by atoms with E-state index in [2.05, 4.69) is 5.16 Å². The first kappa shape index (κ1) is 15.3. The van der Waals surface area contributed by atoms with Crippen molar-refractivity contribution in [2.75, 3.05) is 13.1 Å². The third-order valence-electron chi connectivity index (χ3n) is 4.29. The smallest absolute Gasteiger partial charge is 0.311 e. The van der Waals surface area contributed by atoms with Crippen LogP contribution >= 0.6 is 0 Å². The van der Waals surface area contributed by atoms with Crippen molar-refractivity contribution in [3.63, 3.8) is 0 Å². The van der Waals surface area contributed by atoms with E-state index in [4.69, 9.17) is 4.52 Å². The van der Waals surface area contributed by atoms with Gasteiger partial charge in [0.2, 0.25) is 5.91 Å². The van der Waals surface area contributed by atoms with Crippen LogP contribution in [0.1, 0.15) is 19.0 Å². The van der Waals surface area contributed by atoms with E-state index in [1.54, 1.807) is 17.9 Å². The van der Waals surface area contributed by atoms with Gasteiger partial charge in [-0.2, -0.15) is 0 Å². The minimum atomic E-state index is -0.861. The van der Waals surface area contributed by atoms with Gasteiger partial charge in [0.1, 0.15) is 0 Å². The normalized spacial score (nSPS) is 20.7. The molecule has 0 saturated carbocycles. The highest BCUT2D eigenvalue weighted by atomic mass is 16.5. The van der Waals surface area contributed by atoms with Crippen LogP contribution in [0.3, 0.4) is 0 Å². The minimum absolute atomic E-state index is 0.117. The van der Waals surface area contributed by atoms with E-state index in [9.17, 15) is 14.7 Å². The topological polar surface area (TPSA) is 83.6 Å². The van der Waals surface area contributed by atoms with Gasteiger partial charge < -0.3 is 14.5 Å². The first-order valence-corrected chi connectivity index (χ1v) is 7.50. The Balaban J connectivity index is 1.66. The summed E-state index contributed by atoms with van der Waals surface area (Å²) in [4.78, 5) is 25.2. The van der Waals surface area contributed by atoms with Crippen molar-refractivity contribution in [1.82, 2.24) is 10.1 Å². The highest BCUT2D eigenvalue weighted by molar-refractivity contribution is 5.81. The summed E-state index contributed by atoms with van der Waals surface area (Å²) in [6.07, 6.45) is 0.591. The molecule has 3 rings (SSSR count). The molecule has 2 aromatic rings. The Kier molecular flexibility index (Phi) is 3.90. The third-order valence-corrected chi connectivity index (χ3v) is 4.29. The minimum Gasteiger partial charge on any atom is -0.481 e. The Bertz CT molecular complexity index is 725. The molecule has 6 nitrogen and oxygen atoms in total. The summed E-state index contributed by atoms with van der Waals surface area (Å²) < 4.78 is 5.28. The fourth-order valence-corrected chi connectivity index (χ4v) is 2.75. The summed E-state index contributed by atoms with van der Waals surface area (Å²) in [5, 5.41) is 13.2. The molecule has 0 spiro atoms. The lowest BCUT2D eigenvalue weighted by atomic mass is 9.90. The molecule has 6 heteroatoms. The van der Waals surface area contributed by atoms with Gasteiger partial charge in [0.15, 0.2) is 5.76 Å². The number of likely N-dealkylation sites (tertiary alicyclic amines) is 1. The Morgan fingerprint density at radius 3 is 2.74 bits per heavy atom. The van der Waals surface area contributed by atoms with Gasteiger partial charge >= 0.3 is 5.97 Å². The van der Waals surface area contributed by atoms with Crippen LogP contribution in [0, 0.1) is 5.41 Å². The lowest BCUT2D eigenvalue weighted by molar-refractivity contribution is -0.147. The van der Waals surface area contributed by atoms with Crippen molar-refractivity contribution in [1.29, 1.82) is 0 Å². The number of carboxylic acids is 1. The molecule has 120 valence electrons. The molecule has 1 aliphatic rings. The maximum atomic E-state index is 12.3. The molecule has 1 aromatic carbocycles. The summed E-state index contributed by atoms with van der Waals surface area (Å²) in [6, 6.07) is 11.3. The molecule has 1 aliphatic heterocycles. The van der Waals surface area contributed by atoms with E-state index < -0.39 is 11.4 Å². The second-order valence-corrected chi connectivity index (χ2v) is 6.16. The second-order valence-electron chi connectivity index (χ2n) is 6.16. The molecular weight excluding hydrogens is 296 g/mol. The average molecular weight is 314 g/mol. The summed E-state index contributed by atoms with van der Waals surface area (Å²) in [7, 11) is 0. The SMILES string of the molecule is C[C@]1(C(=O)O)CCN(C(=O)Cc2cc(-c3ccccc3)on2)C1. The molecule has 1 N–H and O–H groups in total. The number of carbonyl (C=O) groups is 2. The van der Waals surface area contributed by atoms with E-state index in [1.165, 1.54) is 0 Å². The highest BCUT2D eigenvalue weighted by Crippen LogP contribution is 2.30. The predicted octanol–water partition coefficient (Wildman–Crippen LogP) is 2.21. The summed E-state index contributed by atoms with van der Waals surface area (Å²) >= 11 is 0. The number of benzene rings is 1. The molecular formula is C17H18N2O4. The van der Waals surface area contributed by atoms with E-state index in [0.717, 1.165) is 5.56 Å². The second kappa shape index (κ2) is 5.87. The van der Waals surface area contributed by atoms with Gasteiger partial charge in [0.25, 0.3) is 0 Å². The largest absolute Gasteiger partial charge is 0.481 e. The monoisotopic (exact) mass is 314 g/mol. The van der Waals surface area contributed by atoms with Crippen molar-refractivity contribution in [3.05, 3.63) is 42.1 Å². The number of aliphatic carboxylic acids is 1. The number of rotatable bonds is 4. The highest BCUT2D eigenvalue weighted by Gasteiger charge is 2.42. The van der Waals surface area contributed by atoms with Crippen LogP contribution in [-0.4, -0.2) is 40.1 Å². The van der Waals surface area contributed by atoms with Crippen LogP contribution < -0.4 is 0 Å². The molecule has 0 radical (unpaired) electrons. The van der Waals surface area contributed by atoms with Crippen LogP contribution in [0.5, 0.6) is 0 Å². The van der Waals surface area contributed by atoms with E-state index in [-0.39, 0.29) is 18.9 Å². The number of carbonyl (C=O) groups excluding carboxylic acids is 1. The van der Waals surface area contributed by atoms with E-state index in [1.807, 2.05) is 30.3 Å². The van der Waals surface area contributed by atoms with Crippen molar-refractivity contribution >= 4 is 11.9 Å². The Labute approximate surface area is 133 Å². The zero-order valence-corrected chi connectivity index (χ0v) is 12.9. The standard InChI is InChI=1S/C17H18N2O4/c1-17(16(21)22)7-8-19(11-17)15(20)10-13-9-14(23-18-13)12-5-3-2-4-6-12/h2-6,9H,7-8,10-11H2,1H3,(H,21,22)/t17-/m0/s1. The van der Waals surface area contributed by atoms with Gasteiger partial charge in [-0.05, 0) is 13.3 Å². The fraction of sp³-hybridized carbons (Fsp3) is 0.353. The summed E-state index contributed by atoms with van der Waals surface area (Å²) in [6.45, 7) is 2.38. The quantitative estimate of drug-likeness (QED) is 0.935. The van der Waals surface area contributed by atoms with Crippen molar-refractivity contribution < 1.29 is 19.2 Å². The van der Waals surface area contributed by atoms with Crippen molar-refractivity contribution in [2.24, 2.45) is 5.41 Å². The number of amides is 1. The molecule has 2 heterocycles. The molecule has 1 fully saturated rings. The van der Waals surface area contributed by atoms with Crippen molar-refractivity contribution in [2.45, 2.75) is 19.8 Å². The Hall–Kier alpha value is -2.63. The fourth-order valence-electron chi connectivity index (χ4n) is 2.75. The number of aromatic nitrogens is 1. The summed E-state index contributed by atoms with van der Waals surface area (Å²) in [5.74, 6) is -0.367. The number of nitrogens with zero attached hydrogens (tertiary/aromatic N) is 2. The molecule has 23 heavy (non-hydrogen) atoms.